The highest BCUT2D eigenvalue weighted by Crippen LogP contribution is 2.32. The van der Waals surface area contributed by atoms with Crippen molar-refractivity contribution in [1.82, 2.24) is 5.32 Å². The van der Waals surface area contributed by atoms with Crippen LogP contribution < -0.4 is 5.32 Å². The first-order valence-electron chi connectivity index (χ1n) is 7.21. The van der Waals surface area contributed by atoms with Gasteiger partial charge in [0.1, 0.15) is 0 Å². The molecule has 0 spiro atoms. The van der Waals surface area contributed by atoms with Crippen LogP contribution in [0.4, 0.5) is 0 Å². The zero-order valence-electron chi connectivity index (χ0n) is 13.1. The van der Waals surface area contributed by atoms with E-state index in [1.807, 2.05) is 30.5 Å². The topological polar surface area (TPSA) is 66.4 Å². The Bertz CT molecular complexity index is 890. The molecule has 0 radical (unpaired) electrons. The highest BCUT2D eigenvalue weighted by molar-refractivity contribution is 7.22. The van der Waals surface area contributed by atoms with Crippen LogP contribution in [0.25, 0.3) is 9.75 Å². The maximum atomic E-state index is 12.4. The second-order valence-corrected chi connectivity index (χ2v) is 8.66. The van der Waals surface area contributed by atoms with Crippen molar-refractivity contribution < 1.29 is 14.7 Å². The summed E-state index contributed by atoms with van der Waals surface area (Å²) in [5.74, 6) is -1.13. The molecular weight excluding hydrogens is 362 g/mol. The summed E-state index contributed by atoms with van der Waals surface area (Å²) in [5.41, 5.74) is 0.997. The van der Waals surface area contributed by atoms with Crippen molar-refractivity contribution >= 4 is 45.9 Å². The van der Waals surface area contributed by atoms with E-state index in [0.29, 0.717) is 16.0 Å². The van der Waals surface area contributed by atoms with Gasteiger partial charge >= 0.3 is 5.97 Å². The molecule has 0 unspecified atom stereocenters. The Kier molecular flexibility index (Phi) is 4.84. The molecule has 0 aliphatic heterocycles. The number of aromatic carboxylic acids is 1. The monoisotopic (exact) mass is 377 g/mol. The second-order valence-electron chi connectivity index (χ2n) is 5.20. The van der Waals surface area contributed by atoms with E-state index < -0.39 is 5.97 Å². The van der Waals surface area contributed by atoms with Crippen molar-refractivity contribution in [2.45, 2.75) is 20.4 Å². The third-order valence-corrected chi connectivity index (χ3v) is 6.83. The molecule has 0 saturated carbocycles. The fourth-order valence-electron chi connectivity index (χ4n) is 2.49. The van der Waals surface area contributed by atoms with Gasteiger partial charge in [-0.15, -0.1) is 34.0 Å². The van der Waals surface area contributed by atoms with Gasteiger partial charge in [0, 0.05) is 26.1 Å². The van der Waals surface area contributed by atoms with Crippen LogP contribution in [0.1, 0.15) is 35.3 Å². The van der Waals surface area contributed by atoms with Crippen molar-refractivity contribution in [2.75, 3.05) is 0 Å². The van der Waals surface area contributed by atoms with Gasteiger partial charge in [-0.3, -0.25) is 4.79 Å². The molecule has 0 bridgehead atoms. The molecule has 24 heavy (non-hydrogen) atoms. The largest absolute Gasteiger partial charge is 0.478 e. The van der Waals surface area contributed by atoms with E-state index in [2.05, 4.69) is 5.32 Å². The van der Waals surface area contributed by atoms with Gasteiger partial charge in [0.2, 0.25) is 0 Å². The maximum absolute atomic E-state index is 12.4. The minimum atomic E-state index is -0.947. The quantitative estimate of drug-likeness (QED) is 0.672. The van der Waals surface area contributed by atoms with Crippen LogP contribution in [0.5, 0.6) is 0 Å². The Labute approximate surface area is 151 Å². The number of hydrogen-bond donors (Lipinski definition) is 2. The molecule has 0 saturated heterocycles. The molecule has 3 rings (SSSR count). The molecule has 0 aliphatic carbocycles. The van der Waals surface area contributed by atoms with Gasteiger partial charge < -0.3 is 10.4 Å². The van der Waals surface area contributed by atoms with E-state index in [4.69, 9.17) is 0 Å². The van der Waals surface area contributed by atoms with Crippen molar-refractivity contribution in [3.05, 3.63) is 55.4 Å². The number of carbonyl (C=O) groups is 2. The highest BCUT2D eigenvalue weighted by Gasteiger charge is 2.20. The molecule has 3 aromatic heterocycles. The molecule has 124 valence electrons. The number of amides is 1. The van der Waals surface area contributed by atoms with Crippen LogP contribution in [0.3, 0.4) is 0 Å². The maximum Gasteiger partial charge on any atom is 0.337 e. The van der Waals surface area contributed by atoms with Crippen molar-refractivity contribution in [3.63, 3.8) is 0 Å². The van der Waals surface area contributed by atoms with E-state index in [1.54, 1.807) is 24.3 Å². The average Bonchev–Trinajstić information content (AvgIpc) is 3.24. The van der Waals surface area contributed by atoms with Crippen molar-refractivity contribution in [1.29, 1.82) is 0 Å². The number of nitrogens with one attached hydrogen (secondary N) is 1. The highest BCUT2D eigenvalue weighted by atomic mass is 32.1. The van der Waals surface area contributed by atoms with Crippen molar-refractivity contribution in [3.8, 4) is 9.75 Å². The Balaban J connectivity index is 1.74. The van der Waals surface area contributed by atoms with Gasteiger partial charge in [0.05, 0.1) is 10.4 Å². The SMILES string of the molecule is Cc1sc(C)c(C(=O)O)c1CNC(=O)c1ccc(-c2cccs2)s1. The summed E-state index contributed by atoms with van der Waals surface area (Å²) < 4.78 is 0. The van der Waals surface area contributed by atoms with Crippen LogP contribution in [0, 0.1) is 13.8 Å². The Morgan fingerprint density at radius 3 is 2.54 bits per heavy atom. The number of aryl methyl sites for hydroxylation is 2. The molecule has 4 nitrogen and oxygen atoms in total. The lowest BCUT2D eigenvalue weighted by atomic mass is 10.1. The summed E-state index contributed by atoms with van der Waals surface area (Å²) in [4.78, 5) is 28.3. The molecule has 2 N–H and O–H groups in total. The first-order valence-corrected chi connectivity index (χ1v) is 9.72. The number of hydrogen-bond acceptors (Lipinski definition) is 5. The number of carboxylic acid groups (broad SMARTS) is 1. The summed E-state index contributed by atoms with van der Waals surface area (Å²) in [7, 11) is 0. The summed E-state index contributed by atoms with van der Waals surface area (Å²) in [5, 5.41) is 14.2. The summed E-state index contributed by atoms with van der Waals surface area (Å²) in [6.45, 7) is 3.90. The van der Waals surface area contributed by atoms with E-state index >= 15 is 0 Å². The lowest BCUT2D eigenvalue weighted by Crippen LogP contribution is -2.23. The van der Waals surface area contributed by atoms with Gasteiger partial charge in [0.15, 0.2) is 0 Å². The standard InChI is InChI=1S/C17H15NO3S3/c1-9-11(15(17(20)21)10(2)23-9)8-18-16(19)14-6-5-13(24-14)12-4-3-7-22-12/h3-7H,8H2,1-2H3,(H,18,19)(H,20,21). The van der Waals surface area contributed by atoms with Crippen LogP contribution in [0.15, 0.2) is 29.6 Å². The third-order valence-electron chi connectivity index (χ3n) is 3.62. The first-order chi connectivity index (χ1) is 11.5. The summed E-state index contributed by atoms with van der Waals surface area (Å²) in [6.07, 6.45) is 0. The average molecular weight is 378 g/mol. The van der Waals surface area contributed by atoms with Crippen molar-refractivity contribution in [2.24, 2.45) is 0 Å². The molecule has 3 heterocycles. The zero-order valence-corrected chi connectivity index (χ0v) is 15.5. The molecule has 0 aromatic carbocycles. The normalized spacial score (nSPS) is 10.8. The van der Waals surface area contributed by atoms with Gasteiger partial charge in [-0.1, -0.05) is 6.07 Å². The van der Waals surface area contributed by atoms with E-state index in [0.717, 1.165) is 19.5 Å². The van der Waals surface area contributed by atoms with Gasteiger partial charge in [-0.2, -0.15) is 0 Å². The third kappa shape index (κ3) is 3.28. The van der Waals surface area contributed by atoms with Crippen LogP contribution in [0.2, 0.25) is 0 Å². The molecular formula is C17H15NO3S3. The fraction of sp³-hybridized carbons (Fsp3) is 0.176. The van der Waals surface area contributed by atoms with Gasteiger partial charge in [-0.25, -0.2) is 4.79 Å². The molecule has 1 amide bonds. The smallest absolute Gasteiger partial charge is 0.337 e. The van der Waals surface area contributed by atoms with Crippen LogP contribution in [-0.4, -0.2) is 17.0 Å². The molecule has 0 aliphatic rings. The molecule has 7 heteroatoms. The number of rotatable bonds is 5. The first kappa shape index (κ1) is 16.9. The van der Waals surface area contributed by atoms with E-state index in [1.165, 1.54) is 22.7 Å². The van der Waals surface area contributed by atoms with Crippen LogP contribution in [-0.2, 0) is 6.54 Å². The molecule has 3 aromatic rings. The minimum absolute atomic E-state index is 0.178. The summed E-state index contributed by atoms with van der Waals surface area (Å²) in [6, 6.07) is 7.75. The number of carbonyl (C=O) groups excluding carboxylic acids is 1. The predicted octanol–water partition coefficient (Wildman–Crippen LogP) is 4.78. The van der Waals surface area contributed by atoms with E-state index in [9.17, 15) is 14.7 Å². The van der Waals surface area contributed by atoms with Gasteiger partial charge in [-0.05, 0) is 43.0 Å². The minimum Gasteiger partial charge on any atom is -0.478 e. The molecule has 0 fully saturated rings. The second kappa shape index (κ2) is 6.88. The Morgan fingerprint density at radius 1 is 1.08 bits per heavy atom. The Hall–Kier alpha value is -1.96. The Morgan fingerprint density at radius 2 is 1.88 bits per heavy atom. The lowest BCUT2D eigenvalue weighted by Gasteiger charge is -2.05. The lowest BCUT2D eigenvalue weighted by molar-refractivity contribution is 0.0694. The zero-order chi connectivity index (χ0) is 17.3. The van der Waals surface area contributed by atoms with Crippen LogP contribution >= 0.6 is 34.0 Å². The van der Waals surface area contributed by atoms with E-state index in [-0.39, 0.29) is 12.5 Å². The molecule has 0 atom stereocenters. The van der Waals surface area contributed by atoms with Gasteiger partial charge in [0.25, 0.3) is 5.91 Å². The fourth-order valence-corrected chi connectivity index (χ4v) is 5.32. The summed E-state index contributed by atoms with van der Waals surface area (Å²) >= 11 is 4.52. The number of thiophene rings is 3. The predicted molar refractivity (Wildman–Crippen MR) is 99.6 cm³/mol. The number of carboxylic acids is 1.